The molecule has 9 heteroatoms. The molecule has 0 bridgehead atoms. The average Bonchev–Trinajstić information content (AvgIpc) is 2.78. The van der Waals surface area contributed by atoms with Crippen LogP contribution in [-0.2, 0) is 14.8 Å². The summed E-state index contributed by atoms with van der Waals surface area (Å²) in [7, 11) is -3.89. The Morgan fingerprint density at radius 3 is 2.24 bits per heavy atom. The summed E-state index contributed by atoms with van der Waals surface area (Å²) in [6, 6.07) is 16.6. The molecule has 1 unspecified atom stereocenters. The Hall–Kier alpha value is -3.23. The minimum absolute atomic E-state index is 0.131. The second kappa shape index (κ2) is 10.1. The van der Waals surface area contributed by atoms with Crippen LogP contribution in [0.1, 0.15) is 29.3 Å². The van der Waals surface area contributed by atoms with Crippen LogP contribution in [0.3, 0.4) is 0 Å². The van der Waals surface area contributed by atoms with Crippen LogP contribution >= 0.6 is 11.6 Å². The van der Waals surface area contributed by atoms with Gasteiger partial charge in [-0.1, -0.05) is 48.9 Å². The molecular weight excluding hydrogens is 467 g/mol. The van der Waals surface area contributed by atoms with Gasteiger partial charge >= 0.3 is 0 Å². The molecule has 33 heavy (non-hydrogen) atoms. The summed E-state index contributed by atoms with van der Waals surface area (Å²) in [4.78, 5) is 26.3. The molecule has 172 valence electrons. The number of halogens is 2. The van der Waals surface area contributed by atoms with Crippen LogP contribution in [0, 0.1) is 5.82 Å². The van der Waals surface area contributed by atoms with E-state index >= 15 is 0 Å². The highest BCUT2D eigenvalue weighted by atomic mass is 35.5. The van der Waals surface area contributed by atoms with Crippen molar-refractivity contribution in [3.05, 3.63) is 94.8 Å². The third-order valence-corrected chi connectivity index (χ3v) is 6.35. The summed E-state index contributed by atoms with van der Waals surface area (Å²) < 4.78 is 39.4. The lowest BCUT2D eigenvalue weighted by atomic mass is 10.0. The van der Waals surface area contributed by atoms with Gasteiger partial charge in [0.25, 0.3) is 0 Å². The monoisotopic (exact) mass is 488 g/mol. The predicted octanol–water partition coefficient (Wildman–Crippen LogP) is 4.89. The number of ketones is 1. The van der Waals surface area contributed by atoms with Crippen molar-refractivity contribution in [1.82, 2.24) is 0 Å². The van der Waals surface area contributed by atoms with Gasteiger partial charge in [-0.3, -0.25) is 13.9 Å². The van der Waals surface area contributed by atoms with Crippen molar-refractivity contribution in [2.75, 3.05) is 15.9 Å². The van der Waals surface area contributed by atoms with E-state index in [2.05, 4.69) is 5.32 Å². The zero-order valence-corrected chi connectivity index (χ0v) is 19.5. The van der Waals surface area contributed by atoms with Gasteiger partial charge in [-0.05, 0) is 48.9 Å². The Bertz CT molecular complexity index is 1270. The van der Waals surface area contributed by atoms with Gasteiger partial charge in [0.2, 0.25) is 15.9 Å². The molecule has 0 radical (unpaired) electrons. The fraction of sp³-hybridized carbons (Fsp3) is 0.167. The number of carbonyl (C=O) groups is 2. The van der Waals surface area contributed by atoms with Gasteiger partial charge in [-0.2, -0.15) is 0 Å². The highest BCUT2D eigenvalue weighted by Gasteiger charge is 2.32. The Morgan fingerprint density at radius 1 is 1.03 bits per heavy atom. The molecule has 1 N–H and O–H groups in total. The Balaban J connectivity index is 1.98. The summed E-state index contributed by atoms with van der Waals surface area (Å²) in [6.07, 6.45) is 1.10. The number of rotatable bonds is 8. The van der Waals surface area contributed by atoms with E-state index < -0.39 is 27.8 Å². The van der Waals surface area contributed by atoms with Gasteiger partial charge in [0.05, 0.1) is 17.6 Å². The molecule has 0 aliphatic heterocycles. The number of amides is 1. The summed E-state index contributed by atoms with van der Waals surface area (Å²) in [6.45, 7) is 1.66. The van der Waals surface area contributed by atoms with Crippen molar-refractivity contribution in [1.29, 1.82) is 0 Å². The molecule has 0 fully saturated rings. The number of nitrogens with one attached hydrogen (secondary N) is 1. The van der Waals surface area contributed by atoms with E-state index in [4.69, 9.17) is 11.6 Å². The third kappa shape index (κ3) is 5.77. The number of benzene rings is 3. The van der Waals surface area contributed by atoms with E-state index in [9.17, 15) is 22.4 Å². The van der Waals surface area contributed by atoms with E-state index in [1.54, 1.807) is 37.3 Å². The van der Waals surface area contributed by atoms with Gasteiger partial charge in [0, 0.05) is 16.1 Å². The Kier molecular flexibility index (Phi) is 7.50. The van der Waals surface area contributed by atoms with E-state index in [0.29, 0.717) is 10.6 Å². The third-order valence-electron chi connectivity index (χ3n) is 4.93. The normalized spacial score (nSPS) is 12.1. The van der Waals surface area contributed by atoms with Crippen molar-refractivity contribution >= 4 is 44.7 Å². The van der Waals surface area contributed by atoms with Crippen molar-refractivity contribution in [2.24, 2.45) is 0 Å². The number of anilines is 2. The number of nitrogens with zero attached hydrogens (tertiary/aromatic N) is 1. The minimum Gasteiger partial charge on any atom is -0.324 e. The Morgan fingerprint density at radius 2 is 1.67 bits per heavy atom. The molecule has 3 aromatic carbocycles. The van der Waals surface area contributed by atoms with Gasteiger partial charge in [0.15, 0.2) is 5.78 Å². The molecule has 0 aliphatic carbocycles. The second-order valence-electron chi connectivity index (χ2n) is 7.33. The van der Waals surface area contributed by atoms with Gasteiger partial charge in [-0.15, -0.1) is 0 Å². The second-order valence-corrected chi connectivity index (χ2v) is 9.63. The summed E-state index contributed by atoms with van der Waals surface area (Å²) in [5.74, 6) is -1.52. The van der Waals surface area contributed by atoms with Gasteiger partial charge in [0.1, 0.15) is 11.9 Å². The van der Waals surface area contributed by atoms with Crippen LogP contribution in [0.5, 0.6) is 0 Å². The molecule has 0 aromatic heterocycles. The standard InChI is InChI=1S/C24H22ClFN2O4S/c1-3-22(28(33(2,31)32)19-12-10-18(26)11-13-19)24(30)27-21-14-9-17(25)15-20(21)23(29)16-7-5-4-6-8-16/h4-15,22H,3H2,1-2H3,(H,27,30). The quantitative estimate of drug-likeness (QED) is 0.457. The number of hydrogen-bond donors (Lipinski definition) is 1. The maximum Gasteiger partial charge on any atom is 0.248 e. The molecule has 3 rings (SSSR count). The predicted molar refractivity (Wildman–Crippen MR) is 128 cm³/mol. The van der Waals surface area contributed by atoms with Crippen LogP contribution in [0.15, 0.2) is 72.8 Å². The van der Waals surface area contributed by atoms with E-state index in [1.807, 2.05) is 0 Å². The van der Waals surface area contributed by atoms with Gasteiger partial charge in [-0.25, -0.2) is 12.8 Å². The molecule has 0 saturated carbocycles. The van der Waals surface area contributed by atoms with Crippen LogP contribution in [0.2, 0.25) is 5.02 Å². The van der Waals surface area contributed by atoms with E-state index in [-0.39, 0.29) is 29.1 Å². The van der Waals surface area contributed by atoms with Crippen LogP contribution in [0.25, 0.3) is 0 Å². The molecule has 0 heterocycles. The molecule has 0 spiro atoms. The first-order valence-electron chi connectivity index (χ1n) is 10.1. The maximum atomic E-state index is 13.4. The molecule has 6 nitrogen and oxygen atoms in total. The molecule has 0 saturated heterocycles. The molecule has 1 amide bonds. The summed E-state index contributed by atoms with van der Waals surface area (Å²) >= 11 is 6.09. The molecule has 0 aliphatic rings. The largest absolute Gasteiger partial charge is 0.324 e. The fourth-order valence-corrected chi connectivity index (χ4v) is 4.81. The summed E-state index contributed by atoms with van der Waals surface area (Å²) in [5.41, 5.74) is 0.929. The lowest BCUT2D eigenvalue weighted by Crippen LogP contribution is -2.47. The van der Waals surface area contributed by atoms with Crippen molar-refractivity contribution in [3.8, 4) is 0 Å². The topological polar surface area (TPSA) is 83.6 Å². The van der Waals surface area contributed by atoms with E-state index in [0.717, 1.165) is 22.7 Å². The number of hydrogen-bond acceptors (Lipinski definition) is 4. The molecule has 1 atom stereocenters. The number of sulfonamides is 1. The Labute approximate surface area is 197 Å². The highest BCUT2D eigenvalue weighted by molar-refractivity contribution is 7.92. The molecular formula is C24H22ClFN2O4S. The van der Waals surface area contributed by atoms with Crippen LogP contribution < -0.4 is 9.62 Å². The van der Waals surface area contributed by atoms with Gasteiger partial charge < -0.3 is 5.32 Å². The van der Waals surface area contributed by atoms with Crippen LogP contribution in [-0.4, -0.2) is 32.4 Å². The minimum atomic E-state index is -3.89. The van der Waals surface area contributed by atoms with Crippen molar-refractivity contribution in [2.45, 2.75) is 19.4 Å². The fourth-order valence-electron chi connectivity index (χ4n) is 3.42. The van der Waals surface area contributed by atoms with Crippen molar-refractivity contribution < 1.29 is 22.4 Å². The number of carbonyl (C=O) groups excluding carboxylic acids is 2. The SMILES string of the molecule is CCC(C(=O)Nc1ccc(Cl)cc1C(=O)c1ccccc1)N(c1ccc(F)cc1)S(C)(=O)=O. The van der Waals surface area contributed by atoms with E-state index in [1.165, 1.54) is 30.3 Å². The zero-order valence-electron chi connectivity index (χ0n) is 18.0. The lowest BCUT2D eigenvalue weighted by molar-refractivity contribution is -0.117. The maximum absolute atomic E-state index is 13.4. The molecule has 3 aromatic rings. The lowest BCUT2D eigenvalue weighted by Gasteiger charge is -2.30. The summed E-state index contributed by atoms with van der Waals surface area (Å²) in [5, 5.41) is 2.98. The zero-order chi connectivity index (χ0) is 24.2. The smallest absolute Gasteiger partial charge is 0.248 e. The van der Waals surface area contributed by atoms with Crippen molar-refractivity contribution in [3.63, 3.8) is 0 Å². The van der Waals surface area contributed by atoms with Crippen LogP contribution in [0.4, 0.5) is 15.8 Å². The first-order chi connectivity index (χ1) is 15.6. The highest BCUT2D eigenvalue weighted by Crippen LogP contribution is 2.27. The first-order valence-corrected chi connectivity index (χ1v) is 12.3. The average molecular weight is 489 g/mol. The first kappa shape index (κ1) is 24.4.